The zero-order chi connectivity index (χ0) is 23.6. The van der Waals surface area contributed by atoms with E-state index in [1.165, 1.54) is 11.4 Å². The van der Waals surface area contributed by atoms with E-state index in [1.807, 2.05) is 36.1 Å². The molecule has 0 aliphatic heterocycles. The van der Waals surface area contributed by atoms with Crippen molar-refractivity contribution in [3.63, 3.8) is 0 Å². The molecular weight excluding hydrogens is 406 g/mol. The van der Waals surface area contributed by atoms with Crippen LogP contribution in [-0.2, 0) is 7.05 Å². The SMILES string of the molecule is CCN(CC)c1ccc(C(=N/N=C/c2cc[n+](C)cc2)c2ccc(N(CC)CC)cc2)cc1. The fourth-order valence-electron chi connectivity index (χ4n) is 3.87. The Balaban J connectivity index is 1.96. The number of hydrogen-bond acceptors (Lipinski definition) is 4. The van der Waals surface area contributed by atoms with Crippen LogP contribution >= 0.6 is 0 Å². The van der Waals surface area contributed by atoms with Crippen LogP contribution in [0.2, 0.25) is 0 Å². The maximum atomic E-state index is 4.66. The van der Waals surface area contributed by atoms with Crippen molar-refractivity contribution in [3.8, 4) is 0 Å². The summed E-state index contributed by atoms with van der Waals surface area (Å²) in [6.07, 6.45) is 5.81. The highest BCUT2D eigenvalue weighted by atomic mass is 15.2. The molecule has 0 aliphatic carbocycles. The van der Waals surface area contributed by atoms with Crippen LogP contribution in [0, 0.1) is 0 Å². The van der Waals surface area contributed by atoms with Crippen molar-refractivity contribution in [2.24, 2.45) is 17.3 Å². The first-order chi connectivity index (χ1) is 16.1. The Morgan fingerprint density at radius 1 is 0.697 bits per heavy atom. The lowest BCUT2D eigenvalue weighted by Gasteiger charge is -2.22. The van der Waals surface area contributed by atoms with Gasteiger partial charge in [0.15, 0.2) is 12.4 Å². The smallest absolute Gasteiger partial charge is 0.169 e. The summed E-state index contributed by atoms with van der Waals surface area (Å²) < 4.78 is 2.00. The van der Waals surface area contributed by atoms with Gasteiger partial charge in [-0.3, -0.25) is 0 Å². The highest BCUT2D eigenvalue weighted by molar-refractivity contribution is 6.13. The molecule has 1 heterocycles. The topological polar surface area (TPSA) is 35.1 Å². The van der Waals surface area contributed by atoms with E-state index in [9.17, 15) is 0 Å². The van der Waals surface area contributed by atoms with E-state index in [-0.39, 0.29) is 0 Å². The fourth-order valence-corrected chi connectivity index (χ4v) is 3.87. The van der Waals surface area contributed by atoms with Gasteiger partial charge >= 0.3 is 0 Å². The Morgan fingerprint density at radius 2 is 1.12 bits per heavy atom. The lowest BCUT2D eigenvalue weighted by Crippen LogP contribution is -2.25. The van der Waals surface area contributed by atoms with Gasteiger partial charge in [-0.25, -0.2) is 4.57 Å². The molecule has 0 atom stereocenters. The Bertz CT molecular complexity index is 985. The van der Waals surface area contributed by atoms with Gasteiger partial charge in [0.25, 0.3) is 0 Å². The van der Waals surface area contributed by atoms with Crippen molar-refractivity contribution in [3.05, 3.63) is 89.7 Å². The molecule has 3 rings (SSSR count). The third-order valence-electron chi connectivity index (χ3n) is 5.91. The molecule has 0 saturated carbocycles. The standard InChI is InChI=1S/C28H36N5/c1-6-32(7-2)26-14-10-24(11-15-26)28(30-29-22-23-18-20-31(5)21-19-23)25-12-16-27(17-13-25)33(8-3)9-4/h10-22H,6-9H2,1-5H3/q+1. The molecular formula is C28H36N5+. The van der Waals surface area contributed by atoms with Crippen molar-refractivity contribution < 1.29 is 4.57 Å². The van der Waals surface area contributed by atoms with Gasteiger partial charge in [-0.15, -0.1) is 5.10 Å². The first kappa shape index (κ1) is 24.2. The Hall–Kier alpha value is -3.47. The molecule has 0 saturated heterocycles. The van der Waals surface area contributed by atoms with Crippen molar-refractivity contribution in [1.29, 1.82) is 0 Å². The Labute approximate surface area is 198 Å². The second kappa shape index (κ2) is 12.0. The minimum absolute atomic E-state index is 0.866. The van der Waals surface area contributed by atoms with Gasteiger partial charge in [0.1, 0.15) is 12.8 Å². The largest absolute Gasteiger partial charge is 0.372 e. The number of pyridine rings is 1. The lowest BCUT2D eigenvalue weighted by molar-refractivity contribution is -0.671. The minimum atomic E-state index is 0.866. The summed E-state index contributed by atoms with van der Waals surface area (Å²) >= 11 is 0. The van der Waals surface area contributed by atoms with Crippen LogP contribution in [0.25, 0.3) is 0 Å². The number of nitrogens with zero attached hydrogens (tertiary/aromatic N) is 5. The van der Waals surface area contributed by atoms with Gasteiger partial charge in [-0.2, -0.15) is 5.10 Å². The minimum Gasteiger partial charge on any atom is -0.372 e. The summed E-state index contributed by atoms with van der Waals surface area (Å²) in [6, 6.07) is 21.3. The zero-order valence-corrected chi connectivity index (χ0v) is 20.6. The number of benzene rings is 2. The van der Waals surface area contributed by atoms with Crippen molar-refractivity contribution in [2.75, 3.05) is 36.0 Å². The van der Waals surface area contributed by atoms with Crippen molar-refractivity contribution in [1.82, 2.24) is 0 Å². The normalized spacial score (nSPS) is 10.9. The second-order valence-electron chi connectivity index (χ2n) is 7.93. The Kier molecular flexibility index (Phi) is 8.76. The van der Waals surface area contributed by atoms with Crippen LogP contribution in [0.4, 0.5) is 11.4 Å². The van der Waals surface area contributed by atoms with Crippen LogP contribution in [0.3, 0.4) is 0 Å². The van der Waals surface area contributed by atoms with Gasteiger partial charge in [0.05, 0.1) is 6.21 Å². The second-order valence-corrected chi connectivity index (χ2v) is 7.93. The molecule has 5 nitrogen and oxygen atoms in total. The summed E-state index contributed by atoms with van der Waals surface area (Å²) in [4.78, 5) is 4.68. The van der Waals surface area contributed by atoms with Crippen molar-refractivity contribution >= 4 is 23.3 Å². The average Bonchev–Trinajstić information content (AvgIpc) is 2.86. The maximum Gasteiger partial charge on any atom is 0.169 e. The summed E-state index contributed by atoms with van der Waals surface area (Å²) in [5.41, 5.74) is 6.44. The van der Waals surface area contributed by atoms with Gasteiger partial charge in [-0.05, 0) is 52.0 Å². The highest BCUT2D eigenvalue weighted by Gasteiger charge is 2.10. The molecule has 172 valence electrons. The number of anilines is 2. The molecule has 3 aromatic rings. The third-order valence-corrected chi connectivity index (χ3v) is 5.91. The van der Waals surface area contributed by atoms with Gasteiger partial charge < -0.3 is 9.80 Å². The predicted molar refractivity (Wildman–Crippen MR) is 141 cm³/mol. The van der Waals surface area contributed by atoms with E-state index in [4.69, 9.17) is 0 Å². The molecule has 33 heavy (non-hydrogen) atoms. The third kappa shape index (κ3) is 6.28. The first-order valence-electron chi connectivity index (χ1n) is 11.9. The van der Waals surface area contributed by atoms with Gasteiger partial charge in [0.2, 0.25) is 0 Å². The van der Waals surface area contributed by atoms with Gasteiger partial charge in [-0.1, -0.05) is 24.3 Å². The van der Waals surface area contributed by atoms with Crippen LogP contribution in [-0.4, -0.2) is 38.1 Å². The van der Waals surface area contributed by atoms with E-state index in [2.05, 4.69) is 96.2 Å². The van der Waals surface area contributed by atoms with E-state index in [0.29, 0.717) is 0 Å². The molecule has 0 fully saturated rings. The summed E-state index contributed by atoms with van der Waals surface area (Å²) in [5.74, 6) is 0. The zero-order valence-electron chi connectivity index (χ0n) is 20.6. The van der Waals surface area contributed by atoms with E-state index in [1.54, 1.807) is 6.21 Å². The molecule has 0 amide bonds. The fraction of sp³-hybridized carbons (Fsp3) is 0.321. The molecule has 2 aromatic carbocycles. The molecule has 1 aromatic heterocycles. The molecule has 0 bridgehead atoms. The number of rotatable bonds is 10. The number of aromatic nitrogens is 1. The van der Waals surface area contributed by atoms with Crippen LogP contribution in [0.1, 0.15) is 44.4 Å². The van der Waals surface area contributed by atoms with Crippen molar-refractivity contribution in [2.45, 2.75) is 27.7 Å². The molecule has 0 spiro atoms. The summed E-state index contributed by atoms with van der Waals surface area (Å²) in [7, 11) is 2.00. The first-order valence-corrected chi connectivity index (χ1v) is 11.9. The van der Waals surface area contributed by atoms with Crippen LogP contribution in [0.5, 0.6) is 0 Å². The summed E-state index contributed by atoms with van der Waals surface area (Å²) in [6.45, 7) is 12.7. The van der Waals surface area contributed by atoms with Crippen LogP contribution < -0.4 is 14.4 Å². The number of aryl methyl sites for hydroxylation is 1. The van der Waals surface area contributed by atoms with E-state index >= 15 is 0 Å². The predicted octanol–water partition coefficient (Wildman–Crippen LogP) is 5.08. The molecule has 0 N–H and O–H groups in total. The van der Waals surface area contributed by atoms with Crippen LogP contribution in [0.15, 0.2) is 83.3 Å². The monoisotopic (exact) mass is 442 g/mol. The molecule has 0 unspecified atom stereocenters. The molecule has 0 radical (unpaired) electrons. The Morgan fingerprint density at radius 3 is 1.52 bits per heavy atom. The number of hydrogen-bond donors (Lipinski definition) is 0. The average molecular weight is 443 g/mol. The van der Waals surface area contributed by atoms with E-state index in [0.717, 1.165) is 48.6 Å². The maximum absolute atomic E-state index is 4.66. The lowest BCUT2D eigenvalue weighted by atomic mass is 10.0. The summed E-state index contributed by atoms with van der Waals surface area (Å²) in [5, 5.41) is 9.10. The van der Waals surface area contributed by atoms with E-state index < -0.39 is 0 Å². The van der Waals surface area contributed by atoms with Gasteiger partial charge in [0, 0.05) is 66.4 Å². The quantitative estimate of drug-likeness (QED) is 0.249. The molecule has 0 aliphatic rings. The molecule has 5 heteroatoms. The highest BCUT2D eigenvalue weighted by Crippen LogP contribution is 2.21.